The van der Waals surface area contributed by atoms with E-state index in [1.807, 2.05) is 6.07 Å². The zero-order chi connectivity index (χ0) is 27.6. The molecule has 2 heterocycles. The predicted molar refractivity (Wildman–Crippen MR) is 135 cm³/mol. The molecular weight excluding hydrogens is 508 g/mol. The molecule has 1 aromatic heterocycles. The van der Waals surface area contributed by atoms with Crippen molar-refractivity contribution in [3.05, 3.63) is 64.0 Å². The highest BCUT2D eigenvalue weighted by Crippen LogP contribution is 2.52. The number of furan rings is 1. The Bertz CT molecular complexity index is 1470. The van der Waals surface area contributed by atoms with Crippen LogP contribution in [0.15, 0.2) is 51.7 Å². The van der Waals surface area contributed by atoms with Crippen LogP contribution in [0.1, 0.15) is 34.3 Å². The molecule has 0 unspecified atom stereocenters. The van der Waals surface area contributed by atoms with Gasteiger partial charge in [-0.05, 0) is 42.0 Å². The molecule has 0 radical (unpaired) electrons. The number of aliphatic hydroxyl groups excluding tert-OH is 2. The van der Waals surface area contributed by atoms with Gasteiger partial charge < -0.3 is 35.3 Å². The number of hydrogen-bond donors (Lipinski definition) is 5. The number of aliphatic hydroxyl groups is 3. The maximum atomic E-state index is 14.0. The van der Waals surface area contributed by atoms with Gasteiger partial charge in [-0.2, -0.15) is 0 Å². The number of phenols is 1. The van der Waals surface area contributed by atoms with E-state index in [9.17, 15) is 34.8 Å². The molecule has 11 nitrogen and oxygen atoms in total. The van der Waals surface area contributed by atoms with Crippen LogP contribution >= 0.6 is 0 Å². The summed E-state index contributed by atoms with van der Waals surface area (Å²) in [5.74, 6) is -6.42. The van der Waals surface area contributed by atoms with E-state index in [1.54, 1.807) is 12.3 Å². The average molecular weight is 537 g/mol. The van der Waals surface area contributed by atoms with E-state index in [1.165, 1.54) is 6.26 Å². The van der Waals surface area contributed by atoms with Crippen molar-refractivity contribution in [2.45, 2.75) is 31.4 Å². The van der Waals surface area contributed by atoms with Crippen LogP contribution in [0.5, 0.6) is 5.75 Å². The Kier molecular flexibility index (Phi) is 5.90. The van der Waals surface area contributed by atoms with E-state index in [-0.39, 0.29) is 36.1 Å². The van der Waals surface area contributed by atoms with E-state index in [2.05, 4.69) is 4.90 Å². The van der Waals surface area contributed by atoms with E-state index in [4.69, 9.17) is 14.9 Å². The number of Topliss-reactive ketones (excluding diaryl/α,β-unsaturated/α-hetero) is 2. The highest BCUT2D eigenvalue weighted by Gasteiger charge is 2.59. The van der Waals surface area contributed by atoms with E-state index < -0.39 is 52.0 Å². The first-order valence-corrected chi connectivity index (χ1v) is 12.8. The molecule has 1 saturated heterocycles. The zero-order valence-corrected chi connectivity index (χ0v) is 21.0. The fourth-order valence-electron chi connectivity index (χ4n) is 6.54. The summed E-state index contributed by atoms with van der Waals surface area (Å²) in [7, 11) is 0. The number of ketones is 2. The van der Waals surface area contributed by atoms with E-state index in [0.29, 0.717) is 55.1 Å². The molecule has 4 aliphatic rings. The molecule has 2 aromatic rings. The molecule has 0 spiro atoms. The largest absolute Gasteiger partial charge is 0.511 e. The lowest BCUT2D eigenvalue weighted by Crippen LogP contribution is -2.57. The molecular formula is C28H28N2O9. The molecule has 6 rings (SSSR count). The van der Waals surface area contributed by atoms with Gasteiger partial charge in [0, 0.05) is 48.7 Å². The second kappa shape index (κ2) is 9.08. The van der Waals surface area contributed by atoms with E-state index in [0.717, 1.165) is 0 Å². The quantitative estimate of drug-likeness (QED) is 0.360. The average Bonchev–Trinajstić information content (AvgIpc) is 3.43. The molecule has 204 valence electrons. The predicted octanol–water partition coefficient (Wildman–Crippen LogP) is 1.67. The number of morpholine rings is 1. The molecule has 3 atom stereocenters. The van der Waals surface area contributed by atoms with Gasteiger partial charge in [-0.3, -0.25) is 19.3 Å². The van der Waals surface area contributed by atoms with Gasteiger partial charge in [0.2, 0.25) is 5.78 Å². The van der Waals surface area contributed by atoms with Crippen molar-refractivity contribution in [1.82, 2.24) is 4.90 Å². The SMILES string of the molecule is NC(=O)C1=C(O)C[C@@H]2C[C@@H]3Cc4c(-c5ccoc5)cc(CN5CCOCC5)c(O)c4C(=O)C3=C(O)[C@]2(O)C1=O. The van der Waals surface area contributed by atoms with Crippen molar-refractivity contribution in [2.24, 2.45) is 17.6 Å². The Hall–Kier alpha value is -3.93. The number of amides is 1. The molecule has 1 amide bonds. The number of carbonyl (C=O) groups excluding carboxylic acids is 3. The van der Waals surface area contributed by atoms with Crippen LogP contribution in [-0.4, -0.2) is 74.7 Å². The third-order valence-electron chi connectivity index (χ3n) is 8.47. The van der Waals surface area contributed by atoms with Crippen molar-refractivity contribution in [2.75, 3.05) is 26.3 Å². The number of phenolic OH excluding ortho intramolecular Hbond substituents is 1. The molecule has 11 heteroatoms. The minimum absolute atomic E-state index is 0.00594. The molecule has 39 heavy (non-hydrogen) atoms. The smallest absolute Gasteiger partial charge is 0.255 e. The first-order chi connectivity index (χ1) is 18.6. The lowest BCUT2D eigenvalue weighted by atomic mass is 9.60. The summed E-state index contributed by atoms with van der Waals surface area (Å²) < 4.78 is 10.7. The molecule has 6 N–H and O–H groups in total. The number of rotatable bonds is 4. The normalized spacial score (nSPS) is 27.3. The Morgan fingerprint density at radius 1 is 1.15 bits per heavy atom. The number of primary amides is 1. The standard InChI is InChI=1S/C28H28N2O9/c29-27(36)22-19(31)10-16-7-14-8-18-17(13-1-4-39-12-13)9-15(11-30-2-5-38-6-3-30)23(32)21(18)24(33)20(14)25(34)28(16,37)26(22)35/h1,4,9,12,14,16,31-32,34,37H,2-3,5-8,10-11H2,(H2,29,36)/t14-,16+,28+/m1/s1. The van der Waals surface area contributed by atoms with E-state index >= 15 is 0 Å². The third-order valence-corrected chi connectivity index (χ3v) is 8.47. The van der Waals surface area contributed by atoms with Crippen molar-refractivity contribution < 1.29 is 44.0 Å². The van der Waals surface area contributed by atoms with Gasteiger partial charge >= 0.3 is 0 Å². The van der Waals surface area contributed by atoms with Crippen LogP contribution < -0.4 is 5.73 Å². The summed E-state index contributed by atoms with van der Waals surface area (Å²) in [5, 5.41) is 44.5. The summed E-state index contributed by atoms with van der Waals surface area (Å²) in [6.45, 7) is 2.75. The summed E-state index contributed by atoms with van der Waals surface area (Å²) in [6.07, 6.45) is 3.09. The highest BCUT2D eigenvalue weighted by atomic mass is 16.5. The summed E-state index contributed by atoms with van der Waals surface area (Å²) in [5.41, 5.74) is 4.18. The van der Waals surface area contributed by atoms with Crippen LogP contribution in [0.4, 0.5) is 0 Å². The maximum absolute atomic E-state index is 14.0. The van der Waals surface area contributed by atoms with Crippen LogP contribution in [0.25, 0.3) is 11.1 Å². The summed E-state index contributed by atoms with van der Waals surface area (Å²) >= 11 is 0. The highest BCUT2D eigenvalue weighted by molar-refractivity contribution is 6.24. The first-order valence-electron chi connectivity index (χ1n) is 12.8. The number of nitrogens with two attached hydrogens (primary N) is 1. The molecule has 3 aliphatic carbocycles. The van der Waals surface area contributed by atoms with Crippen LogP contribution in [0, 0.1) is 11.8 Å². The summed E-state index contributed by atoms with van der Waals surface area (Å²) in [4.78, 5) is 41.2. The van der Waals surface area contributed by atoms with Crippen LogP contribution in [-0.2, 0) is 27.3 Å². The lowest BCUT2D eigenvalue weighted by Gasteiger charge is -2.45. The monoisotopic (exact) mass is 536 g/mol. The van der Waals surface area contributed by atoms with Crippen molar-refractivity contribution in [3.8, 4) is 16.9 Å². The number of fused-ring (bicyclic) bond motifs is 3. The van der Waals surface area contributed by atoms with Gasteiger partial charge in [-0.15, -0.1) is 0 Å². The maximum Gasteiger partial charge on any atom is 0.255 e. The lowest BCUT2D eigenvalue weighted by molar-refractivity contribution is -0.144. The minimum atomic E-state index is -2.59. The fourth-order valence-corrected chi connectivity index (χ4v) is 6.54. The molecule has 1 aromatic carbocycles. The number of hydrogen-bond acceptors (Lipinski definition) is 10. The number of allylic oxidation sites excluding steroid dienone is 2. The second-order valence-corrected chi connectivity index (χ2v) is 10.6. The Morgan fingerprint density at radius 2 is 1.90 bits per heavy atom. The number of aromatic hydroxyl groups is 1. The second-order valence-electron chi connectivity index (χ2n) is 10.6. The number of ether oxygens (including phenoxy) is 1. The minimum Gasteiger partial charge on any atom is -0.511 e. The topological polar surface area (TPSA) is 184 Å². The summed E-state index contributed by atoms with van der Waals surface area (Å²) in [6, 6.07) is 3.60. The Morgan fingerprint density at radius 3 is 2.56 bits per heavy atom. The number of benzene rings is 1. The molecule has 0 bridgehead atoms. The van der Waals surface area contributed by atoms with Gasteiger partial charge in [-0.1, -0.05) is 0 Å². The van der Waals surface area contributed by atoms with Crippen molar-refractivity contribution in [3.63, 3.8) is 0 Å². The van der Waals surface area contributed by atoms with Gasteiger partial charge in [0.1, 0.15) is 22.8 Å². The van der Waals surface area contributed by atoms with Crippen molar-refractivity contribution >= 4 is 17.5 Å². The van der Waals surface area contributed by atoms with Gasteiger partial charge in [0.05, 0.1) is 31.3 Å². The number of carbonyl (C=O) groups is 3. The third kappa shape index (κ3) is 3.72. The van der Waals surface area contributed by atoms with Gasteiger partial charge in [0.15, 0.2) is 11.4 Å². The fraction of sp³-hybridized carbons (Fsp3) is 0.393. The van der Waals surface area contributed by atoms with Crippen molar-refractivity contribution in [1.29, 1.82) is 0 Å². The van der Waals surface area contributed by atoms with Crippen LogP contribution in [0.2, 0.25) is 0 Å². The Labute approximate surface area is 222 Å². The van der Waals surface area contributed by atoms with Crippen LogP contribution in [0.3, 0.4) is 0 Å². The Balaban J connectivity index is 1.50. The first kappa shape index (κ1) is 25.4. The zero-order valence-electron chi connectivity index (χ0n) is 21.0. The molecule has 1 aliphatic heterocycles. The number of nitrogens with zero attached hydrogens (tertiary/aromatic N) is 1. The molecule has 0 saturated carbocycles. The molecule has 1 fully saturated rings. The van der Waals surface area contributed by atoms with Gasteiger partial charge in [0.25, 0.3) is 5.91 Å². The van der Waals surface area contributed by atoms with Gasteiger partial charge in [-0.25, -0.2) is 0 Å².